The van der Waals surface area contributed by atoms with E-state index in [2.05, 4.69) is 25.8 Å². The van der Waals surface area contributed by atoms with Crippen LogP contribution in [0.3, 0.4) is 0 Å². The molecule has 1 aliphatic heterocycles. The maximum atomic E-state index is 5.89. The summed E-state index contributed by atoms with van der Waals surface area (Å²) in [5.74, 6) is 0.679. The van der Waals surface area contributed by atoms with Crippen LogP contribution in [0.4, 0.5) is 5.69 Å². The van der Waals surface area contributed by atoms with Gasteiger partial charge in [-0.25, -0.2) is 4.99 Å². The first-order chi connectivity index (χ1) is 7.48. The van der Waals surface area contributed by atoms with E-state index < -0.39 is 0 Å². The van der Waals surface area contributed by atoms with Gasteiger partial charge in [-0.1, -0.05) is 32.9 Å². The van der Waals surface area contributed by atoms with Gasteiger partial charge in [0.1, 0.15) is 6.61 Å². The second-order valence-electron chi connectivity index (χ2n) is 5.21. The first kappa shape index (κ1) is 11.0. The van der Waals surface area contributed by atoms with Gasteiger partial charge in [0.2, 0.25) is 5.90 Å². The zero-order valence-corrected chi connectivity index (χ0v) is 10.0. The quantitative estimate of drug-likeness (QED) is 0.736. The molecule has 86 valence electrons. The van der Waals surface area contributed by atoms with Crippen LogP contribution >= 0.6 is 0 Å². The third-order valence-electron chi connectivity index (χ3n) is 2.84. The molecule has 0 fully saturated rings. The number of hydrogen-bond donors (Lipinski definition) is 1. The van der Waals surface area contributed by atoms with Crippen molar-refractivity contribution in [1.29, 1.82) is 0 Å². The Balaban J connectivity index is 2.28. The molecule has 0 bridgehead atoms. The van der Waals surface area contributed by atoms with E-state index in [1.54, 1.807) is 0 Å². The van der Waals surface area contributed by atoms with Gasteiger partial charge < -0.3 is 10.5 Å². The lowest BCUT2D eigenvalue weighted by Gasteiger charge is -2.21. The van der Waals surface area contributed by atoms with Gasteiger partial charge in [0.15, 0.2) is 0 Å². The number of rotatable bonds is 1. The summed E-state index contributed by atoms with van der Waals surface area (Å²) < 4.78 is 5.63. The van der Waals surface area contributed by atoms with Crippen molar-refractivity contribution in [1.82, 2.24) is 0 Å². The zero-order chi connectivity index (χ0) is 11.8. The molecule has 0 saturated carbocycles. The molecule has 0 unspecified atom stereocenters. The monoisotopic (exact) mass is 218 g/mol. The number of ether oxygens (including phenoxy) is 1. The maximum absolute atomic E-state index is 5.89. The molecule has 1 aliphatic rings. The molecule has 1 atom stereocenters. The van der Waals surface area contributed by atoms with Gasteiger partial charge >= 0.3 is 0 Å². The highest BCUT2D eigenvalue weighted by Crippen LogP contribution is 2.28. The molecule has 2 N–H and O–H groups in total. The van der Waals surface area contributed by atoms with Gasteiger partial charge in [-0.3, -0.25) is 0 Å². The molecule has 1 aromatic carbocycles. The average molecular weight is 218 g/mol. The van der Waals surface area contributed by atoms with E-state index >= 15 is 0 Å². The Morgan fingerprint density at radius 1 is 1.31 bits per heavy atom. The lowest BCUT2D eigenvalue weighted by Crippen LogP contribution is -2.25. The highest BCUT2D eigenvalue weighted by Gasteiger charge is 2.30. The Morgan fingerprint density at radius 2 is 2.00 bits per heavy atom. The van der Waals surface area contributed by atoms with Crippen LogP contribution in [-0.2, 0) is 4.74 Å². The second-order valence-corrected chi connectivity index (χ2v) is 5.21. The number of hydrogen-bond acceptors (Lipinski definition) is 3. The zero-order valence-electron chi connectivity index (χ0n) is 10.0. The summed E-state index contributed by atoms with van der Waals surface area (Å²) >= 11 is 0. The van der Waals surface area contributed by atoms with E-state index in [9.17, 15) is 0 Å². The number of nitrogens with two attached hydrogens (primary N) is 1. The van der Waals surface area contributed by atoms with E-state index in [0.29, 0.717) is 12.5 Å². The molecular formula is C13H18N2O. The largest absolute Gasteiger partial charge is 0.475 e. The minimum absolute atomic E-state index is 0.130. The number of aliphatic imine (C=N–C) groups is 1. The van der Waals surface area contributed by atoms with Crippen molar-refractivity contribution < 1.29 is 4.74 Å². The Labute approximate surface area is 96.3 Å². The Morgan fingerprint density at radius 3 is 2.56 bits per heavy atom. The lowest BCUT2D eigenvalue weighted by molar-refractivity contribution is 0.236. The molecule has 0 radical (unpaired) electrons. The Kier molecular flexibility index (Phi) is 2.62. The van der Waals surface area contributed by atoms with Crippen molar-refractivity contribution in [3.05, 3.63) is 29.8 Å². The van der Waals surface area contributed by atoms with Gasteiger partial charge in [0.05, 0.1) is 11.6 Å². The van der Waals surface area contributed by atoms with Crippen LogP contribution < -0.4 is 5.73 Å². The molecule has 1 heterocycles. The molecule has 0 amide bonds. The van der Waals surface area contributed by atoms with Crippen molar-refractivity contribution in [2.75, 3.05) is 12.3 Å². The molecule has 3 heteroatoms. The lowest BCUT2D eigenvalue weighted by atomic mass is 9.88. The SMILES string of the molecule is CC(C)(C)[C@@H]1COC(c2ccccc2N)=N1. The fourth-order valence-corrected chi connectivity index (χ4v) is 1.66. The molecular weight excluding hydrogens is 200 g/mol. The van der Waals surface area contributed by atoms with Gasteiger partial charge in [-0.05, 0) is 17.5 Å². The smallest absolute Gasteiger partial charge is 0.218 e. The molecule has 0 spiro atoms. The summed E-state index contributed by atoms with van der Waals surface area (Å²) in [5, 5.41) is 0. The number of benzene rings is 1. The van der Waals surface area contributed by atoms with Gasteiger partial charge in [-0.2, -0.15) is 0 Å². The van der Waals surface area contributed by atoms with E-state index in [1.807, 2.05) is 24.3 Å². The fraction of sp³-hybridized carbons (Fsp3) is 0.462. The molecule has 16 heavy (non-hydrogen) atoms. The standard InChI is InChI=1S/C13H18N2O/c1-13(2,3)11-8-16-12(15-11)9-6-4-5-7-10(9)14/h4-7,11H,8,14H2,1-3H3/t11-/m0/s1. The van der Waals surface area contributed by atoms with Crippen LogP contribution in [-0.4, -0.2) is 18.5 Å². The van der Waals surface area contributed by atoms with Crippen LogP contribution in [0, 0.1) is 5.41 Å². The van der Waals surface area contributed by atoms with Crippen molar-refractivity contribution in [2.45, 2.75) is 26.8 Å². The van der Waals surface area contributed by atoms with Crippen LogP contribution in [0.2, 0.25) is 0 Å². The highest BCUT2D eigenvalue weighted by atomic mass is 16.5. The number of para-hydroxylation sites is 1. The predicted octanol–water partition coefficient (Wildman–Crippen LogP) is 2.46. The first-order valence-corrected chi connectivity index (χ1v) is 5.54. The highest BCUT2D eigenvalue weighted by molar-refractivity contribution is 5.99. The minimum Gasteiger partial charge on any atom is -0.475 e. The number of nitrogens with zero attached hydrogens (tertiary/aromatic N) is 1. The van der Waals surface area contributed by atoms with Crippen molar-refractivity contribution in [2.24, 2.45) is 10.4 Å². The molecule has 3 nitrogen and oxygen atoms in total. The number of anilines is 1. The van der Waals surface area contributed by atoms with E-state index in [4.69, 9.17) is 10.5 Å². The summed E-state index contributed by atoms with van der Waals surface area (Å²) in [6.07, 6.45) is 0. The second kappa shape index (κ2) is 3.81. The Bertz CT molecular complexity index is 418. The summed E-state index contributed by atoms with van der Waals surface area (Å²) in [6.45, 7) is 7.15. The van der Waals surface area contributed by atoms with Crippen molar-refractivity contribution >= 4 is 11.6 Å². The van der Waals surface area contributed by atoms with Crippen molar-refractivity contribution in [3.63, 3.8) is 0 Å². The van der Waals surface area contributed by atoms with Crippen LogP contribution in [0.5, 0.6) is 0 Å². The van der Waals surface area contributed by atoms with Gasteiger partial charge in [0, 0.05) is 5.69 Å². The van der Waals surface area contributed by atoms with Gasteiger partial charge in [-0.15, -0.1) is 0 Å². The van der Waals surface area contributed by atoms with Crippen LogP contribution in [0.1, 0.15) is 26.3 Å². The predicted molar refractivity (Wildman–Crippen MR) is 66.6 cm³/mol. The van der Waals surface area contributed by atoms with E-state index in [1.165, 1.54) is 0 Å². The third kappa shape index (κ3) is 2.03. The molecule has 1 aromatic rings. The normalized spacial score (nSPS) is 20.4. The summed E-state index contributed by atoms with van der Waals surface area (Å²) in [7, 11) is 0. The van der Waals surface area contributed by atoms with Gasteiger partial charge in [0.25, 0.3) is 0 Å². The number of nitrogen functional groups attached to an aromatic ring is 1. The Hall–Kier alpha value is -1.51. The summed E-state index contributed by atoms with van der Waals surface area (Å²) in [6, 6.07) is 7.88. The summed E-state index contributed by atoms with van der Waals surface area (Å²) in [5.41, 5.74) is 7.64. The minimum atomic E-state index is 0.130. The molecule has 2 rings (SSSR count). The topological polar surface area (TPSA) is 47.6 Å². The molecule has 0 aliphatic carbocycles. The maximum Gasteiger partial charge on any atom is 0.218 e. The van der Waals surface area contributed by atoms with Crippen LogP contribution in [0.15, 0.2) is 29.3 Å². The summed E-state index contributed by atoms with van der Waals surface area (Å²) in [4.78, 5) is 4.60. The van der Waals surface area contributed by atoms with Crippen LogP contribution in [0.25, 0.3) is 0 Å². The third-order valence-corrected chi connectivity index (χ3v) is 2.84. The van der Waals surface area contributed by atoms with E-state index in [0.717, 1.165) is 11.3 Å². The van der Waals surface area contributed by atoms with E-state index in [-0.39, 0.29) is 11.5 Å². The first-order valence-electron chi connectivity index (χ1n) is 5.54. The average Bonchev–Trinajstić information content (AvgIpc) is 2.66. The molecule has 0 aromatic heterocycles. The fourth-order valence-electron chi connectivity index (χ4n) is 1.66. The van der Waals surface area contributed by atoms with Crippen molar-refractivity contribution in [3.8, 4) is 0 Å². The molecule has 0 saturated heterocycles.